The number of piperidine rings is 1. The van der Waals surface area contributed by atoms with Crippen LogP contribution in [0.25, 0.3) is 0 Å². The van der Waals surface area contributed by atoms with Crippen molar-refractivity contribution in [2.24, 2.45) is 10.7 Å². The van der Waals surface area contributed by atoms with E-state index in [1.54, 1.807) is 17.0 Å². The molecule has 0 radical (unpaired) electrons. The fourth-order valence-corrected chi connectivity index (χ4v) is 3.42. The minimum absolute atomic E-state index is 0. The van der Waals surface area contributed by atoms with Crippen LogP contribution in [-0.4, -0.2) is 54.9 Å². The van der Waals surface area contributed by atoms with E-state index >= 15 is 0 Å². The zero-order valence-corrected chi connectivity index (χ0v) is 18.1. The van der Waals surface area contributed by atoms with Crippen LogP contribution in [0.4, 0.5) is 9.18 Å². The Morgan fingerprint density at radius 3 is 2.69 bits per heavy atom. The molecule has 0 aliphatic carbocycles. The number of rotatable bonds is 6. The molecule has 1 fully saturated rings. The molecule has 26 heavy (non-hydrogen) atoms. The summed E-state index contributed by atoms with van der Waals surface area (Å²) in [6.45, 7) is 4.70. The number of guanidine groups is 1. The van der Waals surface area contributed by atoms with E-state index in [0.29, 0.717) is 30.3 Å². The van der Waals surface area contributed by atoms with Crippen molar-refractivity contribution < 1.29 is 9.18 Å². The van der Waals surface area contributed by atoms with Crippen molar-refractivity contribution in [2.45, 2.75) is 30.7 Å². The Labute approximate surface area is 175 Å². The lowest BCUT2D eigenvalue weighted by atomic mass is 10.1. The van der Waals surface area contributed by atoms with Gasteiger partial charge in [0.2, 0.25) is 0 Å². The maximum absolute atomic E-state index is 13.6. The summed E-state index contributed by atoms with van der Waals surface area (Å²) in [5.74, 6) is 1.27. The molecule has 1 heterocycles. The number of likely N-dealkylation sites (tertiary alicyclic amines) is 1. The second-order valence-electron chi connectivity index (χ2n) is 5.78. The van der Waals surface area contributed by atoms with Crippen molar-refractivity contribution in [1.82, 2.24) is 15.5 Å². The minimum Gasteiger partial charge on any atom is -0.357 e. The number of nitrogens with two attached hydrogens (primary N) is 1. The van der Waals surface area contributed by atoms with Gasteiger partial charge < -0.3 is 21.3 Å². The zero-order valence-electron chi connectivity index (χ0n) is 14.9. The van der Waals surface area contributed by atoms with Crippen LogP contribution in [0, 0.1) is 5.82 Å². The molecule has 146 valence electrons. The Morgan fingerprint density at radius 1 is 1.38 bits per heavy atom. The van der Waals surface area contributed by atoms with Gasteiger partial charge in [-0.05, 0) is 31.9 Å². The van der Waals surface area contributed by atoms with Crippen LogP contribution >= 0.6 is 35.7 Å². The quantitative estimate of drug-likeness (QED) is 0.186. The zero-order chi connectivity index (χ0) is 18.1. The van der Waals surface area contributed by atoms with Crippen molar-refractivity contribution >= 4 is 47.7 Å². The Balaban J connectivity index is 0.00000338. The third kappa shape index (κ3) is 7.56. The Kier molecular flexibility index (Phi) is 10.7. The summed E-state index contributed by atoms with van der Waals surface area (Å²) in [4.78, 5) is 18.0. The van der Waals surface area contributed by atoms with Gasteiger partial charge in [-0.2, -0.15) is 0 Å². The molecule has 1 aliphatic rings. The molecular weight excluding hydrogens is 468 g/mol. The summed E-state index contributed by atoms with van der Waals surface area (Å²) < 4.78 is 13.6. The van der Waals surface area contributed by atoms with Crippen LogP contribution in [0.1, 0.15) is 19.8 Å². The van der Waals surface area contributed by atoms with Gasteiger partial charge in [0.1, 0.15) is 5.82 Å². The maximum atomic E-state index is 13.6. The van der Waals surface area contributed by atoms with Gasteiger partial charge in [-0.1, -0.05) is 12.1 Å². The van der Waals surface area contributed by atoms with E-state index in [1.165, 1.54) is 17.8 Å². The molecule has 4 N–H and O–H groups in total. The molecule has 6 nitrogen and oxygen atoms in total. The number of thioether (sulfide) groups is 1. The van der Waals surface area contributed by atoms with E-state index in [2.05, 4.69) is 15.6 Å². The number of nitrogens with zero attached hydrogens (tertiary/aromatic N) is 2. The molecule has 2 rings (SSSR count). The lowest BCUT2D eigenvalue weighted by Gasteiger charge is -2.32. The molecule has 0 spiro atoms. The van der Waals surface area contributed by atoms with Gasteiger partial charge in [0, 0.05) is 36.3 Å². The van der Waals surface area contributed by atoms with Crippen LogP contribution in [0.2, 0.25) is 0 Å². The fraction of sp³-hybridized carbons (Fsp3) is 0.529. The van der Waals surface area contributed by atoms with Crippen molar-refractivity contribution in [1.29, 1.82) is 0 Å². The first-order valence-electron chi connectivity index (χ1n) is 8.56. The molecule has 1 saturated heterocycles. The molecule has 9 heteroatoms. The molecule has 0 bridgehead atoms. The largest absolute Gasteiger partial charge is 0.357 e. The van der Waals surface area contributed by atoms with Gasteiger partial charge in [0.25, 0.3) is 0 Å². The number of benzene rings is 1. The molecule has 1 aromatic carbocycles. The monoisotopic (exact) mass is 495 g/mol. The van der Waals surface area contributed by atoms with E-state index in [9.17, 15) is 9.18 Å². The number of nitrogens with one attached hydrogen (secondary N) is 2. The van der Waals surface area contributed by atoms with Crippen LogP contribution < -0.4 is 16.4 Å². The molecule has 0 atom stereocenters. The average molecular weight is 495 g/mol. The fourth-order valence-electron chi connectivity index (χ4n) is 2.63. The van der Waals surface area contributed by atoms with Crippen LogP contribution in [0.5, 0.6) is 0 Å². The highest BCUT2D eigenvalue weighted by atomic mass is 127. The number of amides is 2. The number of carbonyl (C=O) groups is 1. The number of urea groups is 1. The molecular formula is C17H27FIN5OS. The first-order valence-corrected chi connectivity index (χ1v) is 9.55. The first-order chi connectivity index (χ1) is 12.1. The maximum Gasteiger partial charge on any atom is 0.314 e. The summed E-state index contributed by atoms with van der Waals surface area (Å²) >= 11 is 1.46. The average Bonchev–Trinajstić information content (AvgIpc) is 2.60. The standard InChI is InChI=1S/C17H26FN5OS.HI/c1-2-20-17(22-13-7-10-23(11-8-13)16(19)24)21-9-12-25-15-6-4-3-5-14(15)18;/h3-6,13H,2,7-12H2,1H3,(H2,19,24)(H2,20,21,22);1H. The minimum atomic E-state index is -0.357. The molecule has 0 aromatic heterocycles. The number of aliphatic imine (C=N–C) groups is 1. The second-order valence-corrected chi connectivity index (χ2v) is 6.92. The van der Waals surface area contributed by atoms with E-state index in [1.807, 2.05) is 13.0 Å². The predicted molar refractivity (Wildman–Crippen MR) is 116 cm³/mol. The first kappa shape index (κ1) is 22.8. The Hall–Kier alpha value is -1.23. The van der Waals surface area contributed by atoms with Crippen LogP contribution in [-0.2, 0) is 0 Å². The van der Waals surface area contributed by atoms with Gasteiger partial charge in [-0.15, -0.1) is 35.7 Å². The smallest absolute Gasteiger partial charge is 0.314 e. The predicted octanol–water partition coefficient (Wildman–Crippen LogP) is 2.63. The summed E-state index contributed by atoms with van der Waals surface area (Å²) in [6.07, 6.45) is 1.69. The van der Waals surface area contributed by atoms with Gasteiger partial charge in [0.15, 0.2) is 5.96 Å². The topological polar surface area (TPSA) is 82.8 Å². The summed E-state index contributed by atoms with van der Waals surface area (Å²) in [5.41, 5.74) is 5.30. The van der Waals surface area contributed by atoms with E-state index in [0.717, 1.165) is 25.3 Å². The second kappa shape index (κ2) is 12.2. The van der Waals surface area contributed by atoms with Crippen LogP contribution in [0.3, 0.4) is 0 Å². The SMILES string of the molecule is CCNC(=NCCSc1ccccc1F)NC1CCN(C(N)=O)CC1.I. The van der Waals surface area contributed by atoms with E-state index in [4.69, 9.17) is 5.73 Å². The lowest BCUT2D eigenvalue weighted by molar-refractivity contribution is 0.188. The van der Waals surface area contributed by atoms with Crippen molar-refractivity contribution in [3.63, 3.8) is 0 Å². The highest BCUT2D eigenvalue weighted by Gasteiger charge is 2.21. The molecule has 1 aromatic rings. The Morgan fingerprint density at radius 2 is 2.08 bits per heavy atom. The molecule has 0 saturated carbocycles. The van der Waals surface area contributed by atoms with Crippen LogP contribution in [0.15, 0.2) is 34.2 Å². The van der Waals surface area contributed by atoms with Gasteiger partial charge in [-0.3, -0.25) is 4.99 Å². The number of primary amides is 1. The number of hydrogen-bond donors (Lipinski definition) is 3. The van der Waals surface area contributed by atoms with Gasteiger partial charge in [0.05, 0.1) is 6.54 Å². The van der Waals surface area contributed by atoms with Crippen molar-refractivity contribution in [3.05, 3.63) is 30.1 Å². The summed E-state index contributed by atoms with van der Waals surface area (Å²) in [7, 11) is 0. The Bertz CT molecular complexity index is 596. The summed E-state index contributed by atoms with van der Waals surface area (Å²) in [5, 5.41) is 6.63. The highest BCUT2D eigenvalue weighted by molar-refractivity contribution is 14.0. The number of halogens is 2. The van der Waals surface area contributed by atoms with E-state index in [-0.39, 0.29) is 41.9 Å². The van der Waals surface area contributed by atoms with Crippen molar-refractivity contribution in [2.75, 3.05) is 31.9 Å². The third-order valence-corrected chi connectivity index (χ3v) is 4.98. The van der Waals surface area contributed by atoms with E-state index < -0.39 is 0 Å². The molecule has 2 amide bonds. The normalized spacial score (nSPS) is 15.3. The third-order valence-electron chi connectivity index (χ3n) is 3.95. The highest BCUT2D eigenvalue weighted by Crippen LogP contribution is 2.20. The summed E-state index contributed by atoms with van der Waals surface area (Å²) in [6, 6.07) is 6.68. The number of carbonyl (C=O) groups excluding carboxylic acids is 1. The van der Waals surface area contributed by atoms with Gasteiger partial charge >= 0.3 is 6.03 Å². The van der Waals surface area contributed by atoms with Crippen molar-refractivity contribution in [3.8, 4) is 0 Å². The number of hydrogen-bond acceptors (Lipinski definition) is 3. The molecule has 0 unspecified atom stereocenters. The molecule has 1 aliphatic heterocycles. The lowest BCUT2D eigenvalue weighted by Crippen LogP contribution is -2.50. The van der Waals surface area contributed by atoms with Gasteiger partial charge in [-0.25, -0.2) is 9.18 Å².